The molecule has 23 heavy (non-hydrogen) atoms. The fraction of sp³-hybridized carbons (Fsp3) is 0.412. The molecule has 1 aromatic rings. The van der Waals surface area contributed by atoms with Crippen molar-refractivity contribution in [2.45, 2.75) is 25.6 Å². The standard InChI is InChI=1S/C17H19NO5/c1-3-22-11-6-4-10(5-7-11)18-15(19)14-13(16(20)21)12-8-9-17(14,2)23-12/h4-9,12-14H,3H2,1-2H3,(H,18,19)(H,20,21)/t12-,13-,14+,17-/m1/s1. The first-order chi connectivity index (χ1) is 10.9. The maximum atomic E-state index is 12.6. The van der Waals surface area contributed by atoms with Crippen molar-refractivity contribution in [2.24, 2.45) is 11.8 Å². The molecule has 1 aromatic carbocycles. The number of carbonyl (C=O) groups is 2. The van der Waals surface area contributed by atoms with Crippen LogP contribution < -0.4 is 10.1 Å². The smallest absolute Gasteiger partial charge is 0.310 e. The fourth-order valence-corrected chi connectivity index (χ4v) is 3.30. The molecule has 1 fully saturated rings. The van der Waals surface area contributed by atoms with E-state index in [1.54, 1.807) is 43.3 Å². The van der Waals surface area contributed by atoms with Crippen molar-refractivity contribution in [1.82, 2.24) is 0 Å². The molecule has 2 aliphatic heterocycles. The number of hydrogen-bond donors (Lipinski definition) is 2. The van der Waals surface area contributed by atoms with Crippen LogP contribution in [0.25, 0.3) is 0 Å². The highest BCUT2D eigenvalue weighted by atomic mass is 16.5. The Bertz CT molecular complexity index is 653. The van der Waals surface area contributed by atoms with Crippen LogP contribution in [-0.2, 0) is 14.3 Å². The van der Waals surface area contributed by atoms with Crippen molar-refractivity contribution in [2.75, 3.05) is 11.9 Å². The molecule has 0 unspecified atom stereocenters. The zero-order valence-corrected chi connectivity index (χ0v) is 13.0. The van der Waals surface area contributed by atoms with Crippen LogP contribution in [0.4, 0.5) is 5.69 Å². The lowest BCUT2D eigenvalue weighted by atomic mass is 9.75. The van der Waals surface area contributed by atoms with Gasteiger partial charge in [0.15, 0.2) is 0 Å². The molecule has 0 saturated carbocycles. The second-order valence-corrected chi connectivity index (χ2v) is 5.91. The molecule has 2 N–H and O–H groups in total. The number of nitrogens with one attached hydrogen (secondary N) is 1. The topological polar surface area (TPSA) is 84.9 Å². The molecule has 1 amide bonds. The Kier molecular flexibility index (Phi) is 3.85. The van der Waals surface area contributed by atoms with E-state index in [2.05, 4.69) is 5.32 Å². The lowest BCUT2D eigenvalue weighted by Gasteiger charge is -2.27. The minimum Gasteiger partial charge on any atom is -0.494 e. The molecule has 4 atom stereocenters. The summed E-state index contributed by atoms with van der Waals surface area (Å²) in [4.78, 5) is 24.1. The summed E-state index contributed by atoms with van der Waals surface area (Å²) in [6.45, 7) is 4.21. The quantitative estimate of drug-likeness (QED) is 0.812. The van der Waals surface area contributed by atoms with Crippen LogP contribution in [0.5, 0.6) is 5.75 Å². The Balaban J connectivity index is 1.77. The highest BCUT2D eigenvalue weighted by Crippen LogP contribution is 2.47. The van der Waals surface area contributed by atoms with Gasteiger partial charge in [0, 0.05) is 5.69 Å². The van der Waals surface area contributed by atoms with Crippen molar-refractivity contribution >= 4 is 17.6 Å². The van der Waals surface area contributed by atoms with Crippen LogP contribution in [0.15, 0.2) is 36.4 Å². The molecule has 2 heterocycles. The number of aliphatic carboxylic acids is 1. The van der Waals surface area contributed by atoms with Gasteiger partial charge >= 0.3 is 5.97 Å². The normalized spacial score (nSPS) is 31.1. The molecule has 122 valence electrons. The van der Waals surface area contributed by atoms with Crippen LogP contribution in [0.1, 0.15) is 13.8 Å². The van der Waals surface area contributed by atoms with Crippen molar-refractivity contribution in [1.29, 1.82) is 0 Å². The molecule has 0 radical (unpaired) electrons. The van der Waals surface area contributed by atoms with E-state index in [-0.39, 0.29) is 5.91 Å². The van der Waals surface area contributed by atoms with Crippen LogP contribution in [0, 0.1) is 11.8 Å². The minimum atomic E-state index is -1.02. The molecule has 0 aliphatic carbocycles. The van der Waals surface area contributed by atoms with Gasteiger partial charge in [-0.1, -0.05) is 12.2 Å². The summed E-state index contributed by atoms with van der Waals surface area (Å²) in [6, 6.07) is 6.97. The highest BCUT2D eigenvalue weighted by Gasteiger charge is 2.59. The van der Waals surface area contributed by atoms with Gasteiger partial charge < -0.3 is 19.9 Å². The van der Waals surface area contributed by atoms with Gasteiger partial charge in [-0.2, -0.15) is 0 Å². The zero-order valence-electron chi connectivity index (χ0n) is 13.0. The summed E-state index contributed by atoms with van der Waals surface area (Å²) in [7, 11) is 0. The maximum Gasteiger partial charge on any atom is 0.310 e. The number of amides is 1. The van der Waals surface area contributed by atoms with E-state index < -0.39 is 29.5 Å². The van der Waals surface area contributed by atoms with Gasteiger partial charge in [-0.3, -0.25) is 9.59 Å². The van der Waals surface area contributed by atoms with Gasteiger partial charge in [-0.15, -0.1) is 0 Å². The van der Waals surface area contributed by atoms with Crippen LogP contribution >= 0.6 is 0 Å². The molecule has 2 bridgehead atoms. The van der Waals surface area contributed by atoms with Crippen molar-refractivity contribution in [3.8, 4) is 5.75 Å². The monoisotopic (exact) mass is 317 g/mol. The van der Waals surface area contributed by atoms with Crippen LogP contribution in [0.2, 0.25) is 0 Å². The van der Waals surface area contributed by atoms with E-state index in [0.29, 0.717) is 18.0 Å². The first-order valence-corrected chi connectivity index (χ1v) is 7.58. The average Bonchev–Trinajstić information content (AvgIpc) is 3.02. The first kappa shape index (κ1) is 15.6. The zero-order chi connectivity index (χ0) is 16.6. The van der Waals surface area contributed by atoms with E-state index in [1.165, 1.54) is 0 Å². The molecule has 6 heteroatoms. The van der Waals surface area contributed by atoms with Crippen molar-refractivity contribution in [3.05, 3.63) is 36.4 Å². The molecule has 2 aliphatic rings. The second-order valence-electron chi connectivity index (χ2n) is 5.91. The Morgan fingerprint density at radius 1 is 1.35 bits per heavy atom. The Labute approximate surface area is 134 Å². The first-order valence-electron chi connectivity index (χ1n) is 7.58. The number of rotatable bonds is 5. The number of anilines is 1. The molecule has 0 aromatic heterocycles. The second kappa shape index (κ2) is 5.70. The molecule has 0 spiro atoms. The van der Waals surface area contributed by atoms with E-state index in [4.69, 9.17) is 9.47 Å². The van der Waals surface area contributed by atoms with Crippen molar-refractivity contribution < 1.29 is 24.2 Å². The SMILES string of the molecule is CCOc1ccc(NC(=O)[C@@H]2[C@H](C(=O)O)[C@H]3C=C[C@@]2(C)O3)cc1. The predicted octanol–water partition coefficient (Wildman–Crippen LogP) is 2.07. The lowest BCUT2D eigenvalue weighted by Crippen LogP contribution is -2.44. The van der Waals surface area contributed by atoms with E-state index >= 15 is 0 Å². The number of fused-ring (bicyclic) bond motifs is 2. The van der Waals surface area contributed by atoms with Crippen LogP contribution in [-0.4, -0.2) is 35.3 Å². The number of hydrogen-bond acceptors (Lipinski definition) is 4. The lowest BCUT2D eigenvalue weighted by molar-refractivity contribution is -0.146. The van der Waals surface area contributed by atoms with Gasteiger partial charge in [-0.25, -0.2) is 0 Å². The number of benzene rings is 1. The molecule has 3 rings (SSSR count). The summed E-state index contributed by atoms with van der Waals surface area (Å²) >= 11 is 0. The molecule has 1 saturated heterocycles. The summed E-state index contributed by atoms with van der Waals surface area (Å²) in [5.41, 5.74) is -0.277. The Hall–Kier alpha value is -2.34. The number of ether oxygens (including phenoxy) is 2. The predicted molar refractivity (Wildman–Crippen MR) is 83.3 cm³/mol. The summed E-state index contributed by atoms with van der Waals surface area (Å²) in [6.07, 6.45) is 2.95. The third-order valence-electron chi connectivity index (χ3n) is 4.34. The fourth-order valence-electron chi connectivity index (χ4n) is 3.30. The average molecular weight is 317 g/mol. The summed E-state index contributed by atoms with van der Waals surface area (Å²) in [5, 5.41) is 12.2. The van der Waals surface area contributed by atoms with E-state index in [0.717, 1.165) is 0 Å². The van der Waals surface area contributed by atoms with Gasteiger partial charge in [0.2, 0.25) is 5.91 Å². The van der Waals surface area contributed by atoms with Gasteiger partial charge in [-0.05, 0) is 38.1 Å². The van der Waals surface area contributed by atoms with E-state index in [9.17, 15) is 14.7 Å². The summed E-state index contributed by atoms with van der Waals surface area (Å²) in [5.74, 6) is -2.29. The Morgan fingerprint density at radius 3 is 2.65 bits per heavy atom. The number of carboxylic acid groups (broad SMARTS) is 1. The van der Waals surface area contributed by atoms with E-state index in [1.807, 2.05) is 6.92 Å². The minimum absolute atomic E-state index is 0.351. The number of carboxylic acids is 1. The van der Waals surface area contributed by atoms with Gasteiger partial charge in [0.1, 0.15) is 11.7 Å². The van der Waals surface area contributed by atoms with Gasteiger partial charge in [0.05, 0.1) is 24.2 Å². The summed E-state index contributed by atoms with van der Waals surface area (Å²) < 4.78 is 11.0. The van der Waals surface area contributed by atoms with Crippen LogP contribution in [0.3, 0.4) is 0 Å². The maximum absolute atomic E-state index is 12.6. The number of carbonyl (C=O) groups excluding carboxylic acids is 1. The molecular weight excluding hydrogens is 298 g/mol. The van der Waals surface area contributed by atoms with Crippen molar-refractivity contribution in [3.63, 3.8) is 0 Å². The Morgan fingerprint density at radius 2 is 2.04 bits per heavy atom. The molecule has 6 nitrogen and oxygen atoms in total. The molecular formula is C17H19NO5. The largest absolute Gasteiger partial charge is 0.494 e. The highest BCUT2D eigenvalue weighted by molar-refractivity contribution is 5.97. The third kappa shape index (κ3) is 2.70. The third-order valence-corrected chi connectivity index (χ3v) is 4.34. The van der Waals surface area contributed by atoms with Gasteiger partial charge in [0.25, 0.3) is 0 Å².